The van der Waals surface area contributed by atoms with E-state index in [4.69, 9.17) is 9.47 Å². The molecule has 5 rings (SSSR count). The first-order valence-corrected chi connectivity index (χ1v) is 13.2. The highest BCUT2D eigenvalue weighted by molar-refractivity contribution is 5.45. The van der Waals surface area contributed by atoms with Crippen molar-refractivity contribution in [3.05, 3.63) is 92.9 Å². The summed E-state index contributed by atoms with van der Waals surface area (Å²) in [6.45, 7) is 6.37. The lowest BCUT2D eigenvalue weighted by Crippen LogP contribution is -2.53. The highest BCUT2D eigenvalue weighted by atomic mass is 19.1. The van der Waals surface area contributed by atoms with Crippen LogP contribution in [-0.2, 0) is 22.4 Å². The van der Waals surface area contributed by atoms with Crippen molar-refractivity contribution < 1.29 is 19.0 Å². The molecule has 0 radical (unpaired) electrons. The van der Waals surface area contributed by atoms with E-state index in [1.165, 1.54) is 18.0 Å². The molecule has 2 fully saturated rings. The number of halogens is 1. The van der Waals surface area contributed by atoms with E-state index >= 15 is 4.39 Å². The van der Waals surface area contributed by atoms with Gasteiger partial charge in [0.1, 0.15) is 5.82 Å². The molecule has 2 N–H and O–H groups in total. The van der Waals surface area contributed by atoms with E-state index in [-0.39, 0.29) is 30.0 Å². The number of methoxy groups -OCH3 is 1. The maximum Gasteiger partial charge on any atom is 0.293 e. The molecule has 3 heterocycles. The predicted molar refractivity (Wildman–Crippen MR) is 145 cm³/mol. The second kappa shape index (κ2) is 12.5. The maximum atomic E-state index is 15.4. The Hall–Kier alpha value is -3.55. The number of benzene rings is 2. The first-order valence-electron chi connectivity index (χ1n) is 13.2. The van der Waals surface area contributed by atoms with Crippen molar-refractivity contribution in [1.82, 2.24) is 19.8 Å². The Kier molecular flexibility index (Phi) is 8.69. The van der Waals surface area contributed by atoms with E-state index in [9.17, 15) is 9.90 Å². The molecule has 0 saturated carbocycles. The van der Waals surface area contributed by atoms with Crippen LogP contribution in [0.4, 0.5) is 4.39 Å². The number of aromatic nitrogens is 2. The van der Waals surface area contributed by atoms with Crippen molar-refractivity contribution in [2.24, 2.45) is 0 Å². The number of nitrogens with zero attached hydrogens (tertiary/aromatic N) is 3. The fourth-order valence-electron chi connectivity index (χ4n) is 5.01. The van der Waals surface area contributed by atoms with Crippen molar-refractivity contribution in [3.63, 3.8) is 0 Å². The minimum absolute atomic E-state index is 0.160. The zero-order valence-corrected chi connectivity index (χ0v) is 22.0. The Balaban J connectivity index is 1.29. The van der Waals surface area contributed by atoms with Gasteiger partial charge in [0.2, 0.25) is 5.75 Å². The average Bonchev–Trinajstić information content (AvgIpc) is 2.92. The number of hydrogen-bond donors (Lipinski definition) is 2. The van der Waals surface area contributed by atoms with Gasteiger partial charge in [-0.05, 0) is 35.4 Å². The number of likely N-dealkylation sites (tertiary alicyclic amines) is 1. The molecule has 3 aromatic rings. The van der Waals surface area contributed by atoms with Crippen molar-refractivity contribution in [2.45, 2.75) is 25.0 Å². The van der Waals surface area contributed by atoms with Crippen LogP contribution in [0.2, 0.25) is 0 Å². The van der Waals surface area contributed by atoms with E-state index in [1.807, 2.05) is 18.2 Å². The molecular weight excluding hydrogens is 499 g/mol. The van der Waals surface area contributed by atoms with Crippen LogP contribution in [0, 0.1) is 17.7 Å². The quantitative estimate of drug-likeness (QED) is 0.431. The third-order valence-electron chi connectivity index (χ3n) is 7.34. The Morgan fingerprint density at radius 2 is 1.85 bits per heavy atom. The molecule has 2 aromatic carbocycles. The molecule has 2 saturated heterocycles. The largest absolute Gasteiger partial charge is 0.502 e. The molecule has 0 amide bonds. The molecular formula is C30H33FN4O4. The normalized spacial score (nSPS) is 17.3. The molecule has 8 nitrogen and oxygen atoms in total. The number of H-pyrrole nitrogens is 1. The van der Waals surface area contributed by atoms with Crippen molar-refractivity contribution in [2.75, 3.05) is 53.0 Å². The minimum atomic E-state index is -0.609. The third-order valence-corrected chi connectivity index (χ3v) is 7.34. The van der Waals surface area contributed by atoms with Crippen LogP contribution < -0.4 is 5.56 Å². The average molecular weight is 533 g/mol. The van der Waals surface area contributed by atoms with Gasteiger partial charge in [-0.1, -0.05) is 30.0 Å². The lowest BCUT2D eigenvalue weighted by atomic mass is 9.90. The second-order valence-corrected chi connectivity index (χ2v) is 10.1. The highest BCUT2D eigenvalue weighted by Crippen LogP contribution is 2.28. The Labute approximate surface area is 227 Å². The molecule has 9 heteroatoms. The van der Waals surface area contributed by atoms with Crippen LogP contribution in [0.3, 0.4) is 0 Å². The van der Waals surface area contributed by atoms with Crippen LogP contribution >= 0.6 is 0 Å². The molecule has 0 aliphatic carbocycles. The first-order chi connectivity index (χ1) is 19.0. The van der Waals surface area contributed by atoms with Crippen LogP contribution in [-0.4, -0.2) is 84.0 Å². The molecule has 0 bridgehead atoms. The predicted octanol–water partition coefficient (Wildman–Crippen LogP) is 2.50. The standard InChI is InChI=1S/C30H33FN4O4/c1-38-25-18-35(19-25)17-24(15-28-29(36)30(37)33-20-32-28)26-9-8-22(14-27(26)31)5-2-21-3-6-23(7-4-21)16-34-10-12-39-13-11-34/h3-4,6-9,14,20,24-25,36H,10-13,15-19H2,1H3,(H,32,33,37). The van der Waals surface area contributed by atoms with Gasteiger partial charge in [0.15, 0.2) is 0 Å². The zero-order valence-electron chi connectivity index (χ0n) is 22.0. The number of ether oxygens (including phenoxy) is 2. The van der Waals surface area contributed by atoms with Crippen LogP contribution in [0.15, 0.2) is 53.6 Å². The number of morpholine rings is 1. The topological polar surface area (TPSA) is 90.9 Å². The van der Waals surface area contributed by atoms with Gasteiger partial charge in [-0.25, -0.2) is 9.37 Å². The lowest BCUT2D eigenvalue weighted by molar-refractivity contribution is -0.0318. The molecule has 1 aromatic heterocycles. The summed E-state index contributed by atoms with van der Waals surface area (Å²) in [6, 6.07) is 13.1. The molecule has 2 aliphatic heterocycles. The Morgan fingerprint density at radius 1 is 1.13 bits per heavy atom. The third kappa shape index (κ3) is 6.91. The van der Waals surface area contributed by atoms with Gasteiger partial charge < -0.3 is 19.6 Å². The van der Waals surface area contributed by atoms with E-state index in [2.05, 4.69) is 43.7 Å². The van der Waals surface area contributed by atoms with E-state index in [1.54, 1.807) is 13.2 Å². The number of aromatic hydroxyl groups is 1. The van der Waals surface area contributed by atoms with E-state index < -0.39 is 11.3 Å². The van der Waals surface area contributed by atoms with Gasteiger partial charge in [-0.2, -0.15) is 0 Å². The zero-order chi connectivity index (χ0) is 27.2. The summed E-state index contributed by atoms with van der Waals surface area (Å²) in [5.74, 6) is 5.08. The van der Waals surface area contributed by atoms with Gasteiger partial charge in [0.05, 0.1) is 31.3 Å². The second-order valence-electron chi connectivity index (χ2n) is 10.1. The monoisotopic (exact) mass is 532 g/mol. The minimum Gasteiger partial charge on any atom is -0.502 e. The van der Waals surface area contributed by atoms with Crippen LogP contribution in [0.5, 0.6) is 5.75 Å². The summed E-state index contributed by atoms with van der Waals surface area (Å²) in [4.78, 5) is 22.9. The fraction of sp³-hybridized carbons (Fsp3) is 0.400. The molecule has 1 atom stereocenters. The maximum absolute atomic E-state index is 15.4. The van der Waals surface area contributed by atoms with Crippen molar-refractivity contribution in [1.29, 1.82) is 0 Å². The van der Waals surface area contributed by atoms with E-state index in [0.29, 0.717) is 17.7 Å². The van der Waals surface area contributed by atoms with Crippen LogP contribution in [0.25, 0.3) is 0 Å². The first kappa shape index (κ1) is 27.0. The van der Waals surface area contributed by atoms with Gasteiger partial charge in [0.25, 0.3) is 5.56 Å². The summed E-state index contributed by atoms with van der Waals surface area (Å²) in [5, 5.41) is 10.2. The van der Waals surface area contributed by atoms with Gasteiger partial charge in [-0.15, -0.1) is 0 Å². The Bertz CT molecular complexity index is 1390. The fourth-order valence-corrected chi connectivity index (χ4v) is 5.01. The number of nitrogens with one attached hydrogen (secondary N) is 1. The van der Waals surface area contributed by atoms with Gasteiger partial charge >= 0.3 is 0 Å². The smallest absolute Gasteiger partial charge is 0.293 e. The Morgan fingerprint density at radius 3 is 2.56 bits per heavy atom. The van der Waals surface area contributed by atoms with Crippen molar-refractivity contribution in [3.8, 4) is 17.6 Å². The summed E-state index contributed by atoms with van der Waals surface area (Å²) < 4.78 is 26.2. The summed E-state index contributed by atoms with van der Waals surface area (Å²) >= 11 is 0. The lowest BCUT2D eigenvalue weighted by Gasteiger charge is -2.40. The molecule has 39 heavy (non-hydrogen) atoms. The molecule has 204 valence electrons. The van der Waals surface area contributed by atoms with Gasteiger partial charge in [0, 0.05) is 69.8 Å². The SMILES string of the molecule is COC1CN(CC(Cc2nc[nH]c(=O)c2O)c2ccc(C#Cc3ccc(CN4CCOCC4)cc3)cc2F)C1. The number of aromatic amines is 1. The number of hydrogen-bond acceptors (Lipinski definition) is 7. The summed E-state index contributed by atoms with van der Waals surface area (Å²) in [5.41, 5.74) is 2.80. The highest BCUT2D eigenvalue weighted by Gasteiger charge is 2.30. The van der Waals surface area contributed by atoms with E-state index in [0.717, 1.165) is 51.5 Å². The van der Waals surface area contributed by atoms with Crippen LogP contribution in [0.1, 0.15) is 33.9 Å². The summed E-state index contributed by atoms with van der Waals surface area (Å²) in [7, 11) is 1.68. The van der Waals surface area contributed by atoms with Crippen molar-refractivity contribution >= 4 is 0 Å². The molecule has 2 aliphatic rings. The number of rotatable bonds is 8. The molecule has 0 spiro atoms. The summed E-state index contributed by atoms with van der Waals surface area (Å²) in [6.07, 6.45) is 1.64. The molecule has 1 unspecified atom stereocenters. The van der Waals surface area contributed by atoms with Gasteiger partial charge in [-0.3, -0.25) is 14.6 Å².